The van der Waals surface area contributed by atoms with Crippen molar-refractivity contribution in [1.29, 1.82) is 0 Å². The molecule has 0 aliphatic heterocycles. The number of phenols is 1. The third kappa shape index (κ3) is 2.88. The Balaban J connectivity index is 2.01. The van der Waals surface area contributed by atoms with Crippen LogP contribution in [0, 0.1) is 0 Å². The molecule has 3 rings (SSSR count). The van der Waals surface area contributed by atoms with Gasteiger partial charge in [0.25, 0.3) is 0 Å². The van der Waals surface area contributed by atoms with Gasteiger partial charge in [0.1, 0.15) is 5.75 Å². The number of hydrogen-bond donors (Lipinski definition) is 1. The Morgan fingerprint density at radius 1 is 1.05 bits per heavy atom. The Morgan fingerprint density at radius 3 is 2.64 bits per heavy atom. The predicted molar refractivity (Wildman–Crippen MR) is 85.5 cm³/mol. The Labute approximate surface area is 141 Å². The number of halogens is 3. The molecule has 0 saturated heterocycles. The van der Waals surface area contributed by atoms with E-state index >= 15 is 0 Å². The fourth-order valence-electron chi connectivity index (χ4n) is 2.01. The number of aromatic hydroxyl groups is 1. The molecule has 2 aromatic carbocycles. The van der Waals surface area contributed by atoms with E-state index in [4.69, 9.17) is 34.8 Å². The van der Waals surface area contributed by atoms with Crippen molar-refractivity contribution < 1.29 is 5.11 Å². The molecule has 1 N–H and O–H groups in total. The van der Waals surface area contributed by atoms with Crippen LogP contribution in [0.15, 0.2) is 36.4 Å². The summed E-state index contributed by atoms with van der Waals surface area (Å²) in [4.78, 5) is 0. The summed E-state index contributed by atoms with van der Waals surface area (Å²) in [7, 11) is 0. The number of rotatable bonds is 3. The standard InChI is InChI=1S/C14H9Cl3N4O/c15-11-3-1-2-10(13(11)17)14-18-19-20-21(14)7-8-4-5-9(22)6-12(8)16/h1-6,22H,7H2. The normalized spacial score (nSPS) is 10.9. The average molecular weight is 356 g/mol. The summed E-state index contributed by atoms with van der Waals surface area (Å²) in [5.74, 6) is 0.584. The fraction of sp³-hybridized carbons (Fsp3) is 0.0714. The van der Waals surface area contributed by atoms with Gasteiger partial charge in [-0.2, -0.15) is 0 Å². The molecular weight excluding hydrogens is 347 g/mol. The highest BCUT2D eigenvalue weighted by molar-refractivity contribution is 6.43. The molecule has 0 unspecified atom stereocenters. The van der Waals surface area contributed by atoms with Crippen LogP contribution in [0.2, 0.25) is 15.1 Å². The Bertz CT molecular complexity index is 835. The van der Waals surface area contributed by atoms with E-state index in [0.717, 1.165) is 5.56 Å². The van der Waals surface area contributed by atoms with Crippen molar-refractivity contribution in [3.05, 3.63) is 57.0 Å². The van der Waals surface area contributed by atoms with Crippen LogP contribution in [-0.2, 0) is 6.54 Å². The molecule has 3 aromatic rings. The van der Waals surface area contributed by atoms with Crippen molar-refractivity contribution in [2.75, 3.05) is 0 Å². The molecule has 0 bridgehead atoms. The van der Waals surface area contributed by atoms with Gasteiger partial charge in [-0.3, -0.25) is 0 Å². The molecule has 0 aliphatic rings. The zero-order chi connectivity index (χ0) is 15.7. The summed E-state index contributed by atoms with van der Waals surface area (Å²) in [5, 5.41) is 22.3. The van der Waals surface area contributed by atoms with Crippen molar-refractivity contribution in [2.24, 2.45) is 0 Å². The molecule has 0 atom stereocenters. The summed E-state index contributed by atoms with van der Waals surface area (Å²) in [5.41, 5.74) is 1.40. The van der Waals surface area contributed by atoms with E-state index in [1.807, 2.05) is 0 Å². The SMILES string of the molecule is Oc1ccc(Cn2nnnc2-c2cccc(Cl)c2Cl)c(Cl)c1. The minimum atomic E-state index is 0.101. The van der Waals surface area contributed by atoms with Crippen LogP contribution in [0.3, 0.4) is 0 Å². The molecule has 1 aromatic heterocycles. The average Bonchev–Trinajstić information content (AvgIpc) is 2.93. The third-order valence-corrected chi connectivity index (χ3v) is 4.25. The van der Waals surface area contributed by atoms with Gasteiger partial charge in [0.2, 0.25) is 0 Å². The van der Waals surface area contributed by atoms with E-state index in [-0.39, 0.29) is 5.75 Å². The second kappa shape index (κ2) is 6.12. The molecule has 112 valence electrons. The highest BCUT2D eigenvalue weighted by Crippen LogP contribution is 2.32. The minimum Gasteiger partial charge on any atom is -0.508 e. The lowest BCUT2D eigenvalue weighted by Gasteiger charge is -2.08. The molecule has 1 heterocycles. The van der Waals surface area contributed by atoms with Gasteiger partial charge in [-0.25, -0.2) is 4.68 Å². The topological polar surface area (TPSA) is 63.8 Å². The van der Waals surface area contributed by atoms with E-state index in [0.29, 0.717) is 33.0 Å². The zero-order valence-electron chi connectivity index (χ0n) is 11.0. The molecule has 0 spiro atoms. The van der Waals surface area contributed by atoms with Crippen LogP contribution in [0.25, 0.3) is 11.4 Å². The summed E-state index contributed by atoms with van der Waals surface area (Å²) in [6.45, 7) is 0.338. The lowest BCUT2D eigenvalue weighted by Crippen LogP contribution is -2.05. The highest BCUT2D eigenvalue weighted by Gasteiger charge is 2.15. The minimum absolute atomic E-state index is 0.101. The van der Waals surface area contributed by atoms with Gasteiger partial charge in [-0.15, -0.1) is 5.10 Å². The van der Waals surface area contributed by atoms with Gasteiger partial charge in [-0.1, -0.05) is 46.9 Å². The van der Waals surface area contributed by atoms with Crippen molar-refractivity contribution in [3.8, 4) is 17.1 Å². The first kappa shape index (κ1) is 15.1. The molecule has 0 amide bonds. The highest BCUT2D eigenvalue weighted by atomic mass is 35.5. The first-order chi connectivity index (χ1) is 10.6. The Kier molecular flexibility index (Phi) is 4.20. The maximum absolute atomic E-state index is 9.40. The van der Waals surface area contributed by atoms with Gasteiger partial charge in [0.05, 0.1) is 16.6 Å². The molecule has 5 nitrogen and oxygen atoms in total. The number of benzene rings is 2. The number of aromatic nitrogens is 4. The maximum Gasteiger partial charge on any atom is 0.183 e. The quantitative estimate of drug-likeness (QED) is 0.769. The third-order valence-electron chi connectivity index (χ3n) is 3.08. The fourth-order valence-corrected chi connectivity index (χ4v) is 2.63. The molecular formula is C14H9Cl3N4O. The van der Waals surface area contributed by atoms with Gasteiger partial charge in [0, 0.05) is 10.6 Å². The summed E-state index contributed by atoms with van der Waals surface area (Å²) in [6.07, 6.45) is 0. The predicted octanol–water partition coefficient (Wildman–Crippen LogP) is 4.05. The number of phenolic OH excluding ortho intramolecular Hbond substituents is 1. The number of nitrogens with zero attached hydrogens (tertiary/aromatic N) is 4. The molecule has 0 radical (unpaired) electrons. The molecule has 22 heavy (non-hydrogen) atoms. The van der Waals surface area contributed by atoms with E-state index in [1.165, 1.54) is 6.07 Å². The van der Waals surface area contributed by atoms with E-state index in [2.05, 4.69) is 15.5 Å². The smallest absolute Gasteiger partial charge is 0.183 e. The summed E-state index contributed by atoms with van der Waals surface area (Å²) in [6, 6.07) is 9.98. The molecule has 0 aliphatic carbocycles. The van der Waals surface area contributed by atoms with Crippen LogP contribution >= 0.6 is 34.8 Å². The van der Waals surface area contributed by atoms with Crippen LogP contribution in [-0.4, -0.2) is 25.3 Å². The number of tetrazole rings is 1. The second-order valence-corrected chi connectivity index (χ2v) is 5.73. The summed E-state index contributed by atoms with van der Waals surface area (Å²) < 4.78 is 1.57. The van der Waals surface area contributed by atoms with Crippen LogP contribution in [0.5, 0.6) is 5.75 Å². The van der Waals surface area contributed by atoms with Gasteiger partial charge < -0.3 is 5.11 Å². The van der Waals surface area contributed by atoms with Gasteiger partial charge in [-0.05, 0) is 40.3 Å². The van der Waals surface area contributed by atoms with Crippen LogP contribution < -0.4 is 0 Å². The lowest BCUT2D eigenvalue weighted by molar-refractivity contribution is 0.475. The van der Waals surface area contributed by atoms with Crippen molar-refractivity contribution in [2.45, 2.75) is 6.54 Å². The molecule has 0 fully saturated rings. The van der Waals surface area contributed by atoms with Crippen LogP contribution in [0.4, 0.5) is 0 Å². The van der Waals surface area contributed by atoms with Crippen molar-refractivity contribution >= 4 is 34.8 Å². The largest absolute Gasteiger partial charge is 0.508 e. The van der Waals surface area contributed by atoms with E-state index < -0.39 is 0 Å². The van der Waals surface area contributed by atoms with Crippen LogP contribution in [0.1, 0.15) is 5.56 Å². The second-order valence-electron chi connectivity index (χ2n) is 4.54. The van der Waals surface area contributed by atoms with Gasteiger partial charge in [0.15, 0.2) is 5.82 Å². The Hall–Kier alpha value is -1.82. The monoisotopic (exact) mass is 354 g/mol. The van der Waals surface area contributed by atoms with Crippen molar-refractivity contribution in [1.82, 2.24) is 20.2 Å². The van der Waals surface area contributed by atoms with E-state index in [9.17, 15) is 5.11 Å². The van der Waals surface area contributed by atoms with Crippen molar-refractivity contribution in [3.63, 3.8) is 0 Å². The first-order valence-corrected chi connectivity index (χ1v) is 7.37. The lowest BCUT2D eigenvalue weighted by atomic mass is 10.2. The van der Waals surface area contributed by atoms with Gasteiger partial charge >= 0.3 is 0 Å². The maximum atomic E-state index is 9.40. The summed E-state index contributed by atoms with van der Waals surface area (Å²) >= 11 is 18.4. The molecule has 8 heteroatoms. The Morgan fingerprint density at radius 2 is 1.86 bits per heavy atom. The van der Waals surface area contributed by atoms with E-state index in [1.54, 1.807) is 35.0 Å². The first-order valence-electron chi connectivity index (χ1n) is 6.24. The molecule has 0 saturated carbocycles. The zero-order valence-corrected chi connectivity index (χ0v) is 13.3. The number of hydrogen-bond acceptors (Lipinski definition) is 4.